The SMILES string of the molecule is C.C=c1nc2c(c(=O)[nH]1)=Nc1cc(C)c(C)cc1N2CCN1CCC(C(=O)O)C(O)C1.C=c1nc2c(c(=O)[nH]1)=Nc1cc(C)c(C)cc1N2CCNC1CCCCC1C(=O)O.CC(=O)C1CN(CCn2c3nc(=O)[nH]c(=O)c-3nc3cc(C)c(C)cc32)CCC1O.Cc1cc2nc3c(=O)[nH]c(=O)nc-3n(CCN3CCC(C(=O)O)CC3)c2cc1N. The number of H-pyrrole nitrogens is 4. The van der Waals surface area contributed by atoms with Crippen LogP contribution in [0.5, 0.6) is 0 Å². The number of ketones is 1. The number of carboxylic acids is 3. The molecule has 12 N–H and O–H groups in total. The van der Waals surface area contributed by atoms with E-state index < -0.39 is 64.4 Å². The average molecular weight is 1650 g/mol. The summed E-state index contributed by atoms with van der Waals surface area (Å²) >= 11 is 0. The molecule has 11 heterocycles. The van der Waals surface area contributed by atoms with Gasteiger partial charge in [-0.2, -0.15) is 9.97 Å². The fourth-order valence-corrected chi connectivity index (χ4v) is 16.4. The zero-order chi connectivity index (χ0) is 85.3. The van der Waals surface area contributed by atoms with Crippen molar-refractivity contribution < 1.29 is 44.7 Å². The largest absolute Gasteiger partial charge is 0.481 e. The fraction of sp³-hybridized carbons (Fsp3) is 0.452. The Bertz CT molecular complexity index is 6210. The van der Waals surface area contributed by atoms with Gasteiger partial charge in [0.25, 0.3) is 22.2 Å². The Hall–Kier alpha value is -12.2. The van der Waals surface area contributed by atoms with Crippen molar-refractivity contribution in [2.75, 3.05) is 94.1 Å². The van der Waals surface area contributed by atoms with Crippen molar-refractivity contribution >= 4 is 99.0 Å². The maximum absolute atomic E-state index is 12.5. The number of rotatable bonds is 17. The molecule has 0 radical (unpaired) electrons. The summed E-state index contributed by atoms with van der Waals surface area (Å²) in [6.07, 6.45) is 4.20. The van der Waals surface area contributed by atoms with Gasteiger partial charge in [-0.15, -0.1) is 0 Å². The number of aliphatic hydroxyl groups is 2. The summed E-state index contributed by atoms with van der Waals surface area (Å²) < 4.78 is 3.65. The van der Waals surface area contributed by atoms with Gasteiger partial charge in [0.2, 0.25) is 0 Å². The number of nitrogens with one attached hydrogen (secondary N) is 5. The van der Waals surface area contributed by atoms with Crippen LogP contribution in [0, 0.1) is 72.1 Å². The number of hydrogen-bond donors (Lipinski definition) is 11. The molecule has 120 heavy (non-hydrogen) atoms. The van der Waals surface area contributed by atoms with Gasteiger partial charge >= 0.3 is 29.3 Å². The summed E-state index contributed by atoms with van der Waals surface area (Å²) in [5.41, 5.74) is 17.6. The van der Waals surface area contributed by atoms with Crippen LogP contribution in [0.4, 0.5) is 40.1 Å². The number of carbonyl (C=O) groups is 4. The lowest BCUT2D eigenvalue weighted by atomic mass is 9.84. The zero-order valence-electron chi connectivity index (χ0n) is 67.7. The van der Waals surface area contributed by atoms with Crippen LogP contribution in [0.1, 0.15) is 105 Å². The first-order valence-corrected chi connectivity index (χ1v) is 39.9. The molecule has 0 bridgehead atoms. The number of hydrogen-bond acceptors (Lipinski definition) is 27. The lowest BCUT2D eigenvalue weighted by Gasteiger charge is -2.36. The molecule has 6 atom stereocenters. The molecule has 1 aliphatic carbocycles. The van der Waals surface area contributed by atoms with E-state index in [0.29, 0.717) is 163 Å². The highest BCUT2D eigenvalue weighted by molar-refractivity contribution is 5.85. The van der Waals surface area contributed by atoms with Gasteiger partial charge < -0.3 is 75.3 Å². The predicted octanol–water partition coefficient (Wildman–Crippen LogP) is 2.78. The van der Waals surface area contributed by atoms with Crippen LogP contribution in [0.3, 0.4) is 0 Å². The first kappa shape index (κ1) is 87.1. The van der Waals surface area contributed by atoms with Gasteiger partial charge in [-0.05, 0) is 201 Å². The molecule has 4 fully saturated rings. The lowest BCUT2D eigenvalue weighted by Crippen LogP contribution is -2.49. The van der Waals surface area contributed by atoms with Crippen LogP contribution in [-0.4, -0.2) is 220 Å². The maximum Gasteiger partial charge on any atom is 0.349 e. The molecule has 10 aliphatic rings. The van der Waals surface area contributed by atoms with E-state index in [1.54, 1.807) is 10.6 Å². The van der Waals surface area contributed by atoms with Crippen molar-refractivity contribution in [3.63, 3.8) is 0 Å². The molecule has 6 aromatic rings. The third-order valence-electron chi connectivity index (χ3n) is 23.7. The van der Waals surface area contributed by atoms with Gasteiger partial charge in [0, 0.05) is 83.7 Å². The van der Waals surface area contributed by atoms with Crippen molar-refractivity contribution in [3.05, 3.63) is 172 Å². The molecule has 36 nitrogen and oxygen atoms in total. The highest BCUT2D eigenvalue weighted by Crippen LogP contribution is 2.39. The van der Waals surface area contributed by atoms with Crippen LogP contribution in [0.25, 0.3) is 58.3 Å². The van der Waals surface area contributed by atoms with E-state index >= 15 is 0 Å². The number of nitrogens with zero attached hydrogens (tertiary/aromatic N) is 15. The number of nitrogens with two attached hydrogens (primary N) is 1. The minimum Gasteiger partial charge on any atom is -0.481 e. The van der Waals surface area contributed by atoms with Crippen LogP contribution >= 0.6 is 0 Å². The number of carbonyl (C=O) groups excluding carboxylic acids is 1. The van der Waals surface area contributed by atoms with Crippen molar-refractivity contribution in [3.8, 4) is 23.0 Å². The topological polar surface area (TPSA) is 501 Å². The standard InChI is InChI=1S/C22H27N5O3.2C21H25N5O4.C19H22N6O4.CH4/c1-12-10-17-18(11-13(12)2)27(20-19(26-17)21(28)25-14(3)24-20)9-8-23-16-7-5-4-6-15(16)22(29)30;1-11-8-15-16(9-12(11)2)26(19-18(22-15)20(29)24-21(30)23-19)7-6-25-5-4-17(28)14(10-25)13(3)27;1-11-8-15-16(9-12(11)2)26(19-18(24-15)20(28)23-13(3)22-19)7-6-25-5-4-14(21(29)30)17(27)10-25;1-10-8-13-14(9-12(10)20)25(16-15(21-13)17(26)23-19(29)22-16)7-6-24-4-2-11(3-5-24)18(27)28;/h10-11,15-16,23H,3-9H2,1-2H3,(H,25,28)(H,29,30);8-9,14,17,28H,4-7,10H2,1-3H3,(H,24,29,30);8-9,14,17,27H,3-7,10H2,1-2H3,(H,23,28)(H,29,30);8-9,11H,2-7,20H2,1H3,(H,27,28)(H,23,26,29);1H4. The summed E-state index contributed by atoms with van der Waals surface area (Å²) in [6, 6.07) is 15.5. The van der Waals surface area contributed by atoms with Crippen LogP contribution in [0.2, 0.25) is 0 Å². The quantitative estimate of drug-likeness (QED) is 0.0461. The number of nitrogen functional groups attached to an aromatic ring is 1. The highest BCUT2D eigenvalue weighted by atomic mass is 16.4. The minimum atomic E-state index is -0.958. The molecule has 9 aliphatic heterocycles. The molecule has 36 heteroatoms. The minimum absolute atomic E-state index is 0. The number of benzene rings is 4. The first-order chi connectivity index (χ1) is 56.7. The van der Waals surface area contributed by atoms with Gasteiger partial charge in [0.1, 0.15) is 16.7 Å². The van der Waals surface area contributed by atoms with E-state index in [4.69, 9.17) is 10.8 Å². The number of aryl methyl sites for hydroxylation is 7. The summed E-state index contributed by atoms with van der Waals surface area (Å²) in [6.45, 7) is 30.7. The second-order valence-electron chi connectivity index (χ2n) is 31.7. The van der Waals surface area contributed by atoms with Gasteiger partial charge in [0.05, 0.1) is 80.7 Å². The second-order valence-corrected chi connectivity index (χ2v) is 31.7. The van der Waals surface area contributed by atoms with Gasteiger partial charge in [0.15, 0.2) is 45.4 Å². The number of piperidine rings is 3. The third kappa shape index (κ3) is 18.9. The number of likely N-dealkylation sites (tertiary alicyclic amines) is 3. The van der Waals surface area contributed by atoms with E-state index in [1.165, 1.54) is 6.92 Å². The number of Topliss-reactive ketones (excluding diaryl/α,β-unsaturated/α-hetero) is 1. The Kier molecular flexibility index (Phi) is 26.5. The number of β-amino-alcohol motifs (C(OH)–C–C–N with tert-alkyl or cyclic N) is 1. The molecule has 6 unspecified atom stereocenters. The van der Waals surface area contributed by atoms with E-state index in [-0.39, 0.29) is 86.9 Å². The van der Waals surface area contributed by atoms with Crippen molar-refractivity contribution in [1.29, 1.82) is 0 Å². The Morgan fingerprint density at radius 1 is 0.475 bits per heavy atom. The number of aromatic nitrogens is 12. The molecule has 3 saturated heterocycles. The molecule has 0 spiro atoms. The van der Waals surface area contributed by atoms with Crippen LogP contribution < -0.4 is 76.1 Å². The summed E-state index contributed by atoms with van der Waals surface area (Å²) in [7, 11) is 0. The van der Waals surface area contributed by atoms with Crippen LogP contribution in [-0.2, 0) is 32.3 Å². The fourth-order valence-electron chi connectivity index (χ4n) is 16.4. The normalized spacial score (nSPS) is 19.2. The smallest absolute Gasteiger partial charge is 0.349 e. The summed E-state index contributed by atoms with van der Waals surface area (Å²) in [4.78, 5) is 174. The summed E-state index contributed by atoms with van der Waals surface area (Å²) in [5.74, 6) is -2.82. The van der Waals surface area contributed by atoms with E-state index in [9.17, 15) is 68.4 Å². The van der Waals surface area contributed by atoms with Gasteiger partial charge in [-0.1, -0.05) is 33.4 Å². The Morgan fingerprint density at radius 2 is 0.933 bits per heavy atom. The summed E-state index contributed by atoms with van der Waals surface area (Å²) in [5, 5.41) is 52.1. The van der Waals surface area contributed by atoms with Crippen molar-refractivity contribution in [2.45, 2.75) is 146 Å². The highest BCUT2D eigenvalue weighted by Gasteiger charge is 2.37. The average Bonchev–Trinajstić information content (AvgIpc) is 0.769. The maximum atomic E-state index is 12.5. The number of anilines is 5. The molecule has 4 aromatic carbocycles. The predicted molar refractivity (Wildman–Crippen MR) is 453 cm³/mol. The van der Waals surface area contributed by atoms with E-state index in [2.05, 4.69) is 94.2 Å². The number of aliphatic carboxylic acids is 3. The number of aromatic amines is 4. The first-order valence-electron chi connectivity index (χ1n) is 39.9. The molecule has 634 valence electrons. The van der Waals surface area contributed by atoms with E-state index in [0.717, 1.165) is 80.8 Å². The van der Waals surface area contributed by atoms with Gasteiger partial charge in [-0.25, -0.2) is 39.5 Å². The molecular weight excluding hydrogens is 1540 g/mol. The Balaban J connectivity index is 0.000000146. The molecular formula is C84H103N21O15. The van der Waals surface area contributed by atoms with Crippen LogP contribution in [0.15, 0.2) is 87.3 Å². The van der Waals surface area contributed by atoms with Crippen molar-refractivity contribution in [2.24, 2.45) is 33.7 Å². The Morgan fingerprint density at radius 3 is 1.46 bits per heavy atom. The molecule has 0 amide bonds. The monoisotopic (exact) mass is 1650 g/mol. The number of carboxylic acid groups (broad SMARTS) is 3. The lowest BCUT2D eigenvalue weighted by molar-refractivity contribution is -0.149. The number of fused-ring (bicyclic) bond motifs is 8. The number of aliphatic hydroxyl groups excluding tert-OH is 2. The van der Waals surface area contributed by atoms with Gasteiger partial charge in [-0.3, -0.25) is 53.2 Å². The Labute approximate surface area is 687 Å². The van der Waals surface area contributed by atoms with E-state index in [1.807, 2.05) is 104 Å². The zero-order valence-corrected chi connectivity index (χ0v) is 67.7. The molecule has 1 saturated carbocycles. The second kappa shape index (κ2) is 36.6. The molecule has 2 aromatic heterocycles. The molecule has 16 rings (SSSR count). The van der Waals surface area contributed by atoms with Crippen molar-refractivity contribution in [1.82, 2.24) is 79.0 Å². The third-order valence-corrected chi connectivity index (χ3v) is 23.7.